The maximum absolute atomic E-state index is 12.9. The van der Waals surface area contributed by atoms with Crippen molar-refractivity contribution in [3.63, 3.8) is 0 Å². The number of nitrogens with one attached hydrogen (secondary N) is 2. The summed E-state index contributed by atoms with van der Waals surface area (Å²) in [6.07, 6.45) is 5.35. The fourth-order valence-electron chi connectivity index (χ4n) is 4.55. The Balaban J connectivity index is 1.30. The summed E-state index contributed by atoms with van der Waals surface area (Å²) >= 11 is 0. The maximum atomic E-state index is 12.9. The van der Waals surface area contributed by atoms with E-state index in [1.165, 1.54) is 0 Å². The van der Waals surface area contributed by atoms with Gasteiger partial charge < -0.3 is 20.1 Å². The molecule has 0 unspecified atom stereocenters. The summed E-state index contributed by atoms with van der Waals surface area (Å²) in [6.45, 7) is 1.21. The van der Waals surface area contributed by atoms with Crippen LogP contribution in [0.15, 0.2) is 48.8 Å². The van der Waals surface area contributed by atoms with Gasteiger partial charge in [-0.3, -0.25) is 9.59 Å². The zero-order chi connectivity index (χ0) is 20.0. The van der Waals surface area contributed by atoms with Crippen LogP contribution in [0, 0.1) is 0 Å². The highest BCUT2D eigenvalue weighted by Crippen LogP contribution is 2.35. The number of nitrogens with zero attached hydrogens (tertiary/aromatic N) is 3. The van der Waals surface area contributed by atoms with Crippen LogP contribution in [-0.4, -0.2) is 52.5 Å². The number of para-hydroxylation sites is 1. The fraction of sp³-hybridized carbons (Fsp3) is 0.318. The van der Waals surface area contributed by atoms with Gasteiger partial charge in [0.2, 0.25) is 5.91 Å². The van der Waals surface area contributed by atoms with E-state index in [0.29, 0.717) is 43.7 Å². The second-order valence-electron chi connectivity index (χ2n) is 7.84. The number of H-pyrrole nitrogens is 1. The molecule has 29 heavy (non-hydrogen) atoms. The first kappa shape index (κ1) is 17.7. The van der Waals surface area contributed by atoms with Crippen molar-refractivity contribution in [3.05, 3.63) is 59.9 Å². The lowest BCUT2D eigenvalue weighted by Crippen LogP contribution is -2.67. The summed E-state index contributed by atoms with van der Waals surface area (Å²) in [4.78, 5) is 37.1. The molecular formula is C22H23N5O2. The van der Waals surface area contributed by atoms with Gasteiger partial charge in [0.15, 0.2) is 0 Å². The SMILES string of the molecule is CN1c2ncccc2C(=O)NC12CCN(C(=O)Cc1c[nH]c3ccccc13)CC2. The van der Waals surface area contributed by atoms with Crippen LogP contribution in [-0.2, 0) is 11.2 Å². The van der Waals surface area contributed by atoms with Gasteiger partial charge in [-0.2, -0.15) is 0 Å². The molecule has 2 N–H and O–H groups in total. The Bertz CT molecular complexity index is 1100. The largest absolute Gasteiger partial charge is 0.361 e. The monoisotopic (exact) mass is 389 g/mol. The van der Waals surface area contributed by atoms with Crippen molar-refractivity contribution in [2.45, 2.75) is 24.9 Å². The number of amides is 2. The predicted molar refractivity (Wildman–Crippen MR) is 111 cm³/mol. The lowest BCUT2D eigenvalue weighted by Gasteiger charge is -2.50. The number of likely N-dealkylation sites (tertiary alicyclic amines) is 1. The minimum atomic E-state index is -0.490. The first-order chi connectivity index (χ1) is 14.1. The van der Waals surface area contributed by atoms with Crippen LogP contribution < -0.4 is 10.2 Å². The van der Waals surface area contributed by atoms with E-state index in [0.717, 1.165) is 16.5 Å². The van der Waals surface area contributed by atoms with E-state index in [9.17, 15) is 9.59 Å². The number of hydrogen-bond donors (Lipinski definition) is 2. The van der Waals surface area contributed by atoms with E-state index in [1.807, 2.05) is 42.4 Å². The summed E-state index contributed by atoms with van der Waals surface area (Å²) in [7, 11) is 1.97. The second-order valence-corrected chi connectivity index (χ2v) is 7.84. The highest BCUT2D eigenvalue weighted by Gasteiger charge is 2.45. The van der Waals surface area contributed by atoms with Gasteiger partial charge in [0.05, 0.1) is 12.0 Å². The Morgan fingerprint density at radius 3 is 2.79 bits per heavy atom. The van der Waals surface area contributed by atoms with E-state index >= 15 is 0 Å². The number of piperidine rings is 1. The van der Waals surface area contributed by atoms with Crippen LogP contribution in [0.3, 0.4) is 0 Å². The Kier molecular flexibility index (Phi) is 4.04. The Morgan fingerprint density at radius 2 is 1.97 bits per heavy atom. The van der Waals surface area contributed by atoms with E-state index in [4.69, 9.17) is 0 Å². The number of carbonyl (C=O) groups is 2. The van der Waals surface area contributed by atoms with Crippen molar-refractivity contribution in [1.82, 2.24) is 20.2 Å². The molecule has 1 spiro atoms. The number of aromatic amines is 1. The Hall–Kier alpha value is -3.35. The molecule has 4 heterocycles. The zero-order valence-electron chi connectivity index (χ0n) is 16.3. The molecule has 2 amide bonds. The highest BCUT2D eigenvalue weighted by atomic mass is 16.2. The molecule has 0 bridgehead atoms. The van der Waals surface area contributed by atoms with Crippen LogP contribution in [0.1, 0.15) is 28.8 Å². The van der Waals surface area contributed by atoms with Crippen LogP contribution in [0.4, 0.5) is 5.82 Å². The molecule has 3 aromatic rings. The van der Waals surface area contributed by atoms with Gasteiger partial charge in [-0.05, 0) is 23.8 Å². The van der Waals surface area contributed by atoms with E-state index < -0.39 is 5.66 Å². The summed E-state index contributed by atoms with van der Waals surface area (Å²) in [5.74, 6) is 0.729. The summed E-state index contributed by atoms with van der Waals surface area (Å²) in [5, 5.41) is 4.26. The van der Waals surface area contributed by atoms with E-state index in [-0.39, 0.29) is 11.8 Å². The van der Waals surface area contributed by atoms with Crippen molar-refractivity contribution >= 4 is 28.5 Å². The molecule has 2 aliphatic rings. The van der Waals surface area contributed by atoms with Gasteiger partial charge in [-0.25, -0.2) is 4.98 Å². The van der Waals surface area contributed by atoms with Crippen molar-refractivity contribution in [2.75, 3.05) is 25.0 Å². The number of aromatic nitrogens is 2. The first-order valence-electron chi connectivity index (χ1n) is 9.91. The maximum Gasteiger partial charge on any atom is 0.256 e. The number of anilines is 1. The summed E-state index contributed by atoms with van der Waals surface area (Å²) < 4.78 is 0. The molecule has 1 aromatic carbocycles. The first-order valence-corrected chi connectivity index (χ1v) is 9.91. The third kappa shape index (κ3) is 2.85. The number of rotatable bonds is 2. The number of benzene rings is 1. The van der Waals surface area contributed by atoms with E-state index in [2.05, 4.69) is 20.2 Å². The molecule has 5 rings (SSSR count). The van der Waals surface area contributed by atoms with Crippen molar-refractivity contribution in [3.8, 4) is 0 Å². The van der Waals surface area contributed by atoms with Crippen LogP contribution >= 0.6 is 0 Å². The third-order valence-corrected chi connectivity index (χ3v) is 6.30. The number of hydrogen-bond acceptors (Lipinski definition) is 4. The van der Waals surface area contributed by atoms with Crippen molar-refractivity contribution in [1.29, 1.82) is 0 Å². The average molecular weight is 389 g/mol. The van der Waals surface area contributed by atoms with Gasteiger partial charge in [0.1, 0.15) is 11.5 Å². The minimum absolute atomic E-state index is 0.0928. The molecule has 7 heteroatoms. The molecule has 148 valence electrons. The quantitative estimate of drug-likeness (QED) is 0.705. The normalized spacial score (nSPS) is 18.0. The standard InChI is InChI=1S/C22H23N5O2/c1-26-20-17(6-4-10-23-20)21(29)25-22(26)8-11-27(12-9-22)19(28)13-15-14-24-18-7-3-2-5-16(15)18/h2-7,10,14,24H,8-9,11-13H2,1H3,(H,25,29). The predicted octanol–water partition coefficient (Wildman–Crippen LogP) is 2.30. The van der Waals surface area contributed by atoms with E-state index in [1.54, 1.807) is 18.3 Å². The van der Waals surface area contributed by atoms with Gasteiger partial charge in [-0.15, -0.1) is 0 Å². The lowest BCUT2D eigenvalue weighted by molar-refractivity contribution is -0.132. The average Bonchev–Trinajstić information content (AvgIpc) is 3.16. The topological polar surface area (TPSA) is 81.3 Å². The summed E-state index contributed by atoms with van der Waals surface area (Å²) in [5.41, 5.74) is 2.17. The molecule has 2 aliphatic heterocycles. The van der Waals surface area contributed by atoms with Crippen molar-refractivity contribution in [2.24, 2.45) is 0 Å². The molecule has 1 fully saturated rings. The van der Waals surface area contributed by atoms with Crippen molar-refractivity contribution < 1.29 is 9.59 Å². The molecule has 1 saturated heterocycles. The smallest absolute Gasteiger partial charge is 0.256 e. The van der Waals surface area contributed by atoms with Crippen LogP contribution in [0.25, 0.3) is 10.9 Å². The Morgan fingerprint density at radius 1 is 1.17 bits per heavy atom. The van der Waals surface area contributed by atoms with Gasteiger partial charge in [-0.1, -0.05) is 18.2 Å². The van der Waals surface area contributed by atoms with Gasteiger partial charge >= 0.3 is 0 Å². The number of carbonyl (C=O) groups excluding carboxylic acids is 2. The third-order valence-electron chi connectivity index (χ3n) is 6.30. The van der Waals surface area contributed by atoms with Crippen LogP contribution in [0.5, 0.6) is 0 Å². The molecule has 0 atom stereocenters. The second kappa shape index (κ2) is 6.62. The number of fused-ring (bicyclic) bond motifs is 2. The molecule has 0 saturated carbocycles. The molecule has 0 aliphatic carbocycles. The Labute approximate surface area is 168 Å². The highest BCUT2D eigenvalue weighted by molar-refractivity contribution is 6.01. The van der Waals surface area contributed by atoms with Gasteiger partial charge in [0.25, 0.3) is 5.91 Å². The fourth-order valence-corrected chi connectivity index (χ4v) is 4.55. The van der Waals surface area contributed by atoms with Gasteiger partial charge in [0, 0.05) is 56.3 Å². The molecule has 2 aromatic heterocycles. The molecule has 0 radical (unpaired) electrons. The lowest BCUT2D eigenvalue weighted by atomic mass is 9.91. The summed E-state index contributed by atoms with van der Waals surface area (Å²) in [6, 6.07) is 11.6. The molecular weight excluding hydrogens is 366 g/mol. The zero-order valence-corrected chi connectivity index (χ0v) is 16.3. The molecule has 7 nitrogen and oxygen atoms in total. The number of pyridine rings is 1. The minimum Gasteiger partial charge on any atom is -0.361 e. The van der Waals surface area contributed by atoms with Crippen LogP contribution in [0.2, 0.25) is 0 Å².